The molecule has 0 spiro atoms. The molecule has 0 saturated carbocycles. The highest BCUT2D eigenvalue weighted by molar-refractivity contribution is 7.89. The molecule has 3 heterocycles. The predicted molar refractivity (Wildman–Crippen MR) is 81.0 cm³/mol. The summed E-state index contributed by atoms with van der Waals surface area (Å²) in [5.74, 6) is -1.28. The molecule has 0 aliphatic carbocycles. The van der Waals surface area contributed by atoms with Crippen LogP contribution in [0.2, 0.25) is 0 Å². The monoisotopic (exact) mass is 374 g/mol. The maximum atomic E-state index is 12.6. The fourth-order valence-corrected chi connectivity index (χ4v) is 5.43. The molecular formula is C13H14N2O7S2. The van der Waals surface area contributed by atoms with E-state index in [4.69, 9.17) is 0 Å². The van der Waals surface area contributed by atoms with Crippen LogP contribution < -0.4 is 0 Å². The third-order valence-electron chi connectivity index (χ3n) is 3.82. The Morgan fingerprint density at radius 3 is 2.71 bits per heavy atom. The Balaban J connectivity index is 1.67. The number of sulfonamides is 1. The van der Waals surface area contributed by atoms with Gasteiger partial charge in [0.2, 0.25) is 10.0 Å². The van der Waals surface area contributed by atoms with E-state index in [1.54, 1.807) is 0 Å². The van der Waals surface area contributed by atoms with Gasteiger partial charge in [0.15, 0.2) is 6.61 Å². The Hall–Kier alpha value is -1.98. The van der Waals surface area contributed by atoms with E-state index >= 15 is 0 Å². The summed E-state index contributed by atoms with van der Waals surface area (Å²) in [6.45, 7) is 0.174. The number of carbonyl (C=O) groups excluding carboxylic acids is 3. The van der Waals surface area contributed by atoms with Crippen molar-refractivity contribution in [2.24, 2.45) is 5.92 Å². The van der Waals surface area contributed by atoms with Gasteiger partial charge in [-0.25, -0.2) is 22.9 Å². The van der Waals surface area contributed by atoms with E-state index in [0.717, 1.165) is 16.2 Å². The summed E-state index contributed by atoms with van der Waals surface area (Å²) in [5, 5.41) is 1.51. The van der Waals surface area contributed by atoms with E-state index in [2.05, 4.69) is 9.47 Å². The van der Waals surface area contributed by atoms with E-state index in [0.29, 0.717) is 0 Å². The first-order valence-electron chi connectivity index (χ1n) is 6.97. The van der Waals surface area contributed by atoms with Gasteiger partial charge in [0.05, 0.1) is 7.11 Å². The second kappa shape index (κ2) is 6.15. The molecule has 2 aliphatic heterocycles. The average Bonchev–Trinajstić information content (AvgIpc) is 3.10. The number of carbonyl (C=O) groups is 3. The zero-order valence-corrected chi connectivity index (χ0v) is 14.3. The van der Waals surface area contributed by atoms with Gasteiger partial charge in [0, 0.05) is 25.6 Å². The van der Waals surface area contributed by atoms with Crippen LogP contribution in [0.15, 0.2) is 16.3 Å². The zero-order valence-electron chi connectivity index (χ0n) is 12.6. The molecule has 0 radical (unpaired) electrons. The molecule has 0 atom stereocenters. The summed E-state index contributed by atoms with van der Waals surface area (Å²) in [6.07, 6.45) is -0.702. The second-order valence-corrected chi connectivity index (χ2v) is 8.18. The van der Waals surface area contributed by atoms with E-state index in [1.165, 1.54) is 22.9 Å². The maximum Gasteiger partial charge on any atom is 0.417 e. The van der Waals surface area contributed by atoms with E-state index < -0.39 is 28.0 Å². The highest BCUT2D eigenvalue weighted by atomic mass is 32.2. The normalized spacial score (nSPS) is 19.3. The predicted octanol–water partition coefficient (Wildman–Crippen LogP) is 0.134. The standard InChI is InChI=1S/C13H14N2O7S2/c1-21-12(17)11-9(2-3-23-11)24(19,20)14-4-8(5-14)6-15-10(16)7-22-13(15)18/h2-3,8H,4-7H2,1H3. The van der Waals surface area contributed by atoms with Crippen LogP contribution in [0, 0.1) is 5.92 Å². The molecular weight excluding hydrogens is 360 g/mol. The number of methoxy groups -OCH3 is 1. The minimum absolute atomic E-state index is 0.0271. The summed E-state index contributed by atoms with van der Waals surface area (Å²) < 4.78 is 35.6. The number of cyclic esters (lactones) is 1. The molecule has 2 saturated heterocycles. The molecule has 0 unspecified atom stereocenters. The highest BCUT2D eigenvalue weighted by Crippen LogP contribution is 2.31. The maximum absolute atomic E-state index is 12.6. The molecule has 2 aliphatic rings. The van der Waals surface area contributed by atoms with Crippen molar-refractivity contribution >= 4 is 39.3 Å². The minimum atomic E-state index is -3.81. The lowest BCUT2D eigenvalue weighted by atomic mass is 10.0. The summed E-state index contributed by atoms with van der Waals surface area (Å²) in [7, 11) is -2.63. The molecule has 0 N–H and O–H groups in total. The first kappa shape index (κ1) is 16.9. The van der Waals surface area contributed by atoms with E-state index in [1.807, 2.05) is 0 Å². The lowest BCUT2D eigenvalue weighted by Crippen LogP contribution is -2.54. The van der Waals surface area contributed by atoms with E-state index in [9.17, 15) is 22.8 Å². The minimum Gasteiger partial charge on any atom is -0.465 e. The quantitative estimate of drug-likeness (QED) is 0.674. The van der Waals surface area contributed by atoms with Gasteiger partial charge < -0.3 is 9.47 Å². The van der Waals surface area contributed by atoms with Gasteiger partial charge in [0.25, 0.3) is 5.91 Å². The summed E-state index contributed by atoms with van der Waals surface area (Å²) in [5.41, 5.74) is 0. The number of hydrogen-bond acceptors (Lipinski definition) is 8. The molecule has 0 aromatic carbocycles. The van der Waals surface area contributed by atoms with Crippen molar-refractivity contribution in [2.45, 2.75) is 4.90 Å². The molecule has 130 valence electrons. The first-order valence-corrected chi connectivity index (χ1v) is 9.29. The molecule has 11 heteroatoms. The van der Waals surface area contributed by atoms with Gasteiger partial charge in [-0.15, -0.1) is 11.3 Å². The number of thiophene rings is 1. The Labute approximate surface area is 141 Å². The molecule has 0 bridgehead atoms. The van der Waals surface area contributed by atoms with Crippen molar-refractivity contribution in [3.63, 3.8) is 0 Å². The van der Waals surface area contributed by atoms with Crippen LogP contribution in [-0.2, 0) is 24.3 Å². The lowest BCUT2D eigenvalue weighted by molar-refractivity contribution is -0.126. The molecule has 1 aromatic heterocycles. The third kappa shape index (κ3) is 2.78. The summed E-state index contributed by atoms with van der Waals surface area (Å²) in [4.78, 5) is 35.4. The Morgan fingerprint density at radius 1 is 1.42 bits per heavy atom. The van der Waals surface area contributed by atoms with Crippen molar-refractivity contribution in [1.29, 1.82) is 0 Å². The van der Waals surface area contributed by atoms with Crippen LogP contribution in [0.4, 0.5) is 4.79 Å². The van der Waals surface area contributed by atoms with Gasteiger partial charge in [-0.3, -0.25) is 4.79 Å². The third-order valence-corrected chi connectivity index (χ3v) is 6.72. The number of nitrogens with zero attached hydrogens (tertiary/aromatic N) is 2. The van der Waals surface area contributed by atoms with Crippen molar-refractivity contribution in [1.82, 2.24) is 9.21 Å². The number of amides is 2. The number of hydrogen-bond donors (Lipinski definition) is 0. The average molecular weight is 374 g/mol. The van der Waals surface area contributed by atoms with Gasteiger partial charge in [-0.1, -0.05) is 0 Å². The van der Waals surface area contributed by atoms with Crippen LogP contribution in [0.25, 0.3) is 0 Å². The molecule has 24 heavy (non-hydrogen) atoms. The number of ether oxygens (including phenoxy) is 2. The van der Waals surface area contributed by atoms with Crippen LogP contribution >= 0.6 is 11.3 Å². The number of rotatable bonds is 5. The molecule has 3 rings (SSSR count). The zero-order chi connectivity index (χ0) is 17.5. The Morgan fingerprint density at radius 2 is 2.12 bits per heavy atom. The van der Waals surface area contributed by atoms with Gasteiger partial charge in [0.1, 0.15) is 9.77 Å². The molecule has 9 nitrogen and oxygen atoms in total. The van der Waals surface area contributed by atoms with Crippen molar-refractivity contribution in [3.8, 4) is 0 Å². The van der Waals surface area contributed by atoms with Crippen LogP contribution in [0.1, 0.15) is 9.67 Å². The number of imide groups is 1. The van der Waals surface area contributed by atoms with Gasteiger partial charge in [-0.2, -0.15) is 4.31 Å². The van der Waals surface area contributed by atoms with Gasteiger partial charge in [-0.05, 0) is 11.4 Å². The Kier molecular flexibility index (Phi) is 4.32. The molecule has 2 fully saturated rings. The summed E-state index contributed by atoms with van der Waals surface area (Å²) >= 11 is 0.994. The van der Waals surface area contributed by atoms with Crippen molar-refractivity contribution in [3.05, 3.63) is 16.3 Å². The number of esters is 1. The molecule has 2 amide bonds. The Bertz CT molecular complexity index is 779. The fourth-order valence-electron chi connectivity index (χ4n) is 2.53. The first-order chi connectivity index (χ1) is 11.3. The summed E-state index contributed by atoms with van der Waals surface area (Å²) in [6, 6.07) is 1.36. The van der Waals surface area contributed by atoms with Crippen molar-refractivity contribution in [2.75, 3.05) is 33.4 Å². The van der Waals surface area contributed by atoms with Crippen molar-refractivity contribution < 1.29 is 32.3 Å². The fraction of sp³-hybridized carbons (Fsp3) is 0.462. The topological polar surface area (TPSA) is 110 Å². The highest BCUT2D eigenvalue weighted by Gasteiger charge is 2.42. The van der Waals surface area contributed by atoms with E-state index in [-0.39, 0.29) is 41.9 Å². The van der Waals surface area contributed by atoms with Crippen LogP contribution in [0.3, 0.4) is 0 Å². The largest absolute Gasteiger partial charge is 0.465 e. The second-order valence-electron chi connectivity index (χ2n) is 5.35. The molecule has 1 aromatic rings. The lowest BCUT2D eigenvalue weighted by Gasteiger charge is -2.38. The van der Waals surface area contributed by atoms with Crippen LogP contribution in [-0.4, -0.2) is 68.9 Å². The van der Waals surface area contributed by atoms with Crippen LogP contribution in [0.5, 0.6) is 0 Å². The smallest absolute Gasteiger partial charge is 0.417 e. The van der Waals surface area contributed by atoms with Gasteiger partial charge >= 0.3 is 12.1 Å². The SMILES string of the molecule is COC(=O)c1sccc1S(=O)(=O)N1CC(CN2C(=O)COC2=O)C1.